The van der Waals surface area contributed by atoms with E-state index in [0.29, 0.717) is 11.6 Å². The minimum atomic E-state index is -0.528. The Bertz CT molecular complexity index is 370. The maximum absolute atomic E-state index is 13.4. The van der Waals surface area contributed by atoms with Crippen molar-refractivity contribution in [3.8, 4) is 0 Å². The number of hydrogen-bond donors (Lipinski definition) is 1. The fourth-order valence-electron chi connectivity index (χ4n) is 2.42. The molecule has 2 rings (SSSR count). The quantitative estimate of drug-likeness (QED) is 0.833. The van der Waals surface area contributed by atoms with Crippen LogP contribution in [0.25, 0.3) is 0 Å². The van der Waals surface area contributed by atoms with Crippen LogP contribution < -0.4 is 5.32 Å². The molecule has 0 radical (unpaired) electrons. The summed E-state index contributed by atoms with van der Waals surface area (Å²) in [5.41, 5.74) is 0.407. The van der Waals surface area contributed by atoms with E-state index in [1.54, 1.807) is 0 Å². The molecule has 0 heterocycles. The number of rotatable bonds is 3. The second-order valence-corrected chi connectivity index (χ2v) is 5.13. The second-order valence-electron chi connectivity index (χ2n) is 5.13. The van der Waals surface area contributed by atoms with Crippen molar-refractivity contribution >= 4 is 5.69 Å². The fourth-order valence-corrected chi connectivity index (χ4v) is 2.42. The van der Waals surface area contributed by atoms with Gasteiger partial charge in [-0.15, -0.1) is 0 Å². The topological polar surface area (TPSA) is 12.0 Å². The molecule has 1 saturated carbocycles. The molecule has 0 bridgehead atoms. The maximum Gasteiger partial charge on any atom is 0.149 e. The van der Waals surface area contributed by atoms with E-state index in [1.807, 2.05) is 0 Å². The van der Waals surface area contributed by atoms with Crippen LogP contribution in [0.5, 0.6) is 0 Å². The summed E-state index contributed by atoms with van der Waals surface area (Å²) in [6, 6.07) is 3.68. The van der Waals surface area contributed by atoms with Crippen LogP contribution in [-0.4, -0.2) is 6.54 Å². The number of nitrogens with one attached hydrogen (secondary N) is 1. The van der Waals surface area contributed by atoms with Gasteiger partial charge >= 0.3 is 0 Å². The van der Waals surface area contributed by atoms with Gasteiger partial charge in [0.05, 0.1) is 5.69 Å². The third kappa shape index (κ3) is 3.42. The normalized spacial score (nSPS) is 24.6. The van der Waals surface area contributed by atoms with Gasteiger partial charge in [-0.05, 0) is 36.8 Å². The van der Waals surface area contributed by atoms with Gasteiger partial charge in [-0.25, -0.2) is 8.78 Å². The Kier molecular flexibility index (Phi) is 3.97. The first-order valence-corrected chi connectivity index (χ1v) is 6.34. The monoisotopic (exact) mass is 239 g/mol. The van der Waals surface area contributed by atoms with Gasteiger partial charge in [0.25, 0.3) is 0 Å². The van der Waals surface area contributed by atoms with E-state index in [-0.39, 0.29) is 0 Å². The van der Waals surface area contributed by atoms with Crippen molar-refractivity contribution < 1.29 is 8.78 Å². The number of anilines is 1. The molecule has 1 fully saturated rings. The van der Waals surface area contributed by atoms with E-state index in [2.05, 4.69) is 12.2 Å². The van der Waals surface area contributed by atoms with Crippen molar-refractivity contribution in [2.45, 2.75) is 32.6 Å². The lowest BCUT2D eigenvalue weighted by molar-refractivity contribution is 0.300. The minimum absolute atomic E-state index is 0.407. The van der Waals surface area contributed by atoms with Crippen molar-refractivity contribution in [3.63, 3.8) is 0 Å². The predicted octanol–water partition coefficient (Wildman–Crippen LogP) is 4.20. The molecular weight excluding hydrogens is 220 g/mol. The summed E-state index contributed by atoms with van der Waals surface area (Å²) in [5.74, 6) is 0.415. The van der Waals surface area contributed by atoms with Gasteiger partial charge in [0.2, 0.25) is 0 Å². The van der Waals surface area contributed by atoms with Crippen molar-refractivity contribution in [2.24, 2.45) is 11.8 Å². The van der Waals surface area contributed by atoms with Crippen LogP contribution in [0.15, 0.2) is 18.2 Å². The summed E-state index contributed by atoms with van der Waals surface area (Å²) in [5, 5.41) is 3.08. The molecule has 0 amide bonds. The van der Waals surface area contributed by atoms with Gasteiger partial charge in [0.1, 0.15) is 11.6 Å². The predicted molar refractivity (Wildman–Crippen MR) is 66.0 cm³/mol. The Hall–Kier alpha value is -1.12. The first kappa shape index (κ1) is 12.3. The standard InChI is InChI=1S/C14H19F2N/c1-10-2-4-11(5-3-10)9-17-14-7-6-12(15)8-13(14)16/h6-8,10-11,17H,2-5,9H2,1H3. The number of benzene rings is 1. The molecule has 1 N–H and O–H groups in total. The summed E-state index contributed by atoms with van der Waals surface area (Å²) >= 11 is 0. The van der Waals surface area contributed by atoms with Crippen LogP contribution in [-0.2, 0) is 0 Å². The van der Waals surface area contributed by atoms with Crippen molar-refractivity contribution in [2.75, 3.05) is 11.9 Å². The van der Waals surface area contributed by atoms with Crippen LogP contribution in [0.4, 0.5) is 14.5 Å². The lowest BCUT2D eigenvalue weighted by Gasteiger charge is -2.26. The highest BCUT2D eigenvalue weighted by molar-refractivity contribution is 5.44. The smallest absolute Gasteiger partial charge is 0.149 e. The van der Waals surface area contributed by atoms with Crippen molar-refractivity contribution in [3.05, 3.63) is 29.8 Å². The van der Waals surface area contributed by atoms with Crippen LogP contribution in [0.1, 0.15) is 32.6 Å². The van der Waals surface area contributed by atoms with Crippen LogP contribution in [0, 0.1) is 23.5 Å². The molecule has 1 nitrogen and oxygen atoms in total. The lowest BCUT2D eigenvalue weighted by atomic mass is 9.83. The highest BCUT2D eigenvalue weighted by atomic mass is 19.1. The molecule has 1 aliphatic carbocycles. The van der Waals surface area contributed by atoms with E-state index >= 15 is 0 Å². The molecular formula is C14H19F2N. The third-order valence-corrected chi connectivity index (χ3v) is 3.65. The molecule has 3 heteroatoms. The Morgan fingerprint density at radius 1 is 1.18 bits per heavy atom. The molecule has 1 aromatic rings. The lowest BCUT2D eigenvalue weighted by Crippen LogP contribution is -2.20. The molecule has 0 saturated heterocycles. The minimum Gasteiger partial charge on any atom is -0.382 e. The van der Waals surface area contributed by atoms with E-state index in [1.165, 1.54) is 37.8 Å². The summed E-state index contributed by atoms with van der Waals surface area (Å²) in [6.45, 7) is 3.07. The van der Waals surface area contributed by atoms with Crippen LogP contribution in [0.3, 0.4) is 0 Å². The van der Waals surface area contributed by atoms with Crippen molar-refractivity contribution in [1.29, 1.82) is 0 Å². The van der Waals surface area contributed by atoms with Gasteiger partial charge in [0, 0.05) is 12.6 Å². The molecule has 1 aliphatic rings. The first-order chi connectivity index (χ1) is 8.15. The molecule has 1 aromatic carbocycles. The third-order valence-electron chi connectivity index (χ3n) is 3.65. The molecule has 0 aliphatic heterocycles. The van der Waals surface area contributed by atoms with Gasteiger partial charge in [-0.1, -0.05) is 19.8 Å². The fraction of sp³-hybridized carbons (Fsp3) is 0.571. The Morgan fingerprint density at radius 2 is 1.88 bits per heavy atom. The average Bonchev–Trinajstić information content (AvgIpc) is 2.30. The summed E-state index contributed by atoms with van der Waals surface area (Å²) in [6.07, 6.45) is 4.93. The van der Waals surface area contributed by atoms with Gasteiger partial charge < -0.3 is 5.32 Å². The largest absolute Gasteiger partial charge is 0.382 e. The van der Waals surface area contributed by atoms with Gasteiger partial charge in [-0.3, -0.25) is 0 Å². The van der Waals surface area contributed by atoms with Crippen molar-refractivity contribution in [1.82, 2.24) is 0 Å². The summed E-state index contributed by atoms with van der Waals surface area (Å²) in [4.78, 5) is 0. The highest BCUT2D eigenvalue weighted by Gasteiger charge is 2.18. The molecule has 0 unspecified atom stereocenters. The van der Waals surface area contributed by atoms with Crippen LogP contribution in [0.2, 0.25) is 0 Å². The SMILES string of the molecule is CC1CCC(CNc2ccc(F)cc2F)CC1. The van der Waals surface area contributed by atoms with Gasteiger partial charge in [0.15, 0.2) is 0 Å². The zero-order chi connectivity index (χ0) is 12.3. The zero-order valence-electron chi connectivity index (χ0n) is 10.2. The van der Waals surface area contributed by atoms with Crippen LogP contribution >= 0.6 is 0 Å². The van der Waals surface area contributed by atoms with E-state index in [9.17, 15) is 8.78 Å². The Morgan fingerprint density at radius 3 is 2.53 bits per heavy atom. The highest BCUT2D eigenvalue weighted by Crippen LogP contribution is 2.28. The zero-order valence-corrected chi connectivity index (χ0v) is 10.2. The molecule has 0 atom stereocenters. The van der Waals surface area contributed by atoms with E-state index in [0.717, 1.165) is 18.5 Å². The number of hydrogen-bond acceptors (Lipinski definition) is 1. The summed E-state index contributed by atoms with van der Waals surface area (Å²) in [7, 11) is 0. The second kappa shape index (κ2) is 5.48. The molecule has 17 heavy (non-hydrogen) atoms. The van der Waals surface area contributed by atoms with E-state index < -0.39 is 11.6 Å². The molecule has 0 aromatic heterocycles. The molecule has 0 spiro atoms. The maximum atomic E-state index is 13.4. The summed E-state index contributed by atoms with van der Waals surface area (Å²) < 4.78 is 26.1. The number of halogens is 2. The van der Waals surface area contributed by atoms with E-state index in [4.69, 9.17) is 0 Å². The Balaban J connectivity index is 1.85. The average molecular weight is 239 g/mol. The molecule has 94 valence electrons. The Labute approximate surface area is 101 Å². The van der Waals surface area contributed by atoms with Gasteiger partial charge in [-0.2, -0.15) is 0 Å². The first-order valence-electron chi connectivity index (χ1n) is 6.34.